The summed E-state index contributed by atoms with van der Waals surface area (Å²) in [6, 6.07) is 10.6. The van der Waals surface area contributed by atoms with Gasteiger partial charge in [0.05, 0.1) is 17.5 Å². The first-order chi connectivity index (χ1) is 18.6. The molecular formula is C26H17ClF7NO4S. The van der Waals surface area contributed by atoms with Crippen molar-refractivity contribution in [3.63, 3.8) is 0 Å². The Morgan fingerprint density at radius 1 is 0.925 bits per heavy atom. The summed E-state index contributed by atoms with van der Waals surface area (Å²) in [6.07, 6.45) is -4.51. The summed E-state index contributed by atoms with van der Waals surface area (Å²) in [7, 11) is -5.23. The second-order valence-electron chi connectivity index (χ2n) is 8.59. The molecule has 3 aromatic carbocycles. The third-order valence-corrected chi connectivity index (χ3v) is 7.83. The van der Waals surface area contributed by atoms with E-state index in [1.54, 1.807) is 12.1 Å². The maximum atomic E-state index is 14.3. The molecule has 5 nitrogen and oxygen atoms in total. The van der Waals surface area contributed by atoms with E-state index >= 15 is 0 Å². The zero-order valence-electron chi connectivity index (χ0n) is 20.5. The van der Waals surface area contributed by atoms with Crippen LogP contribution in [-0.2, 0) is 9.84 Å². The summed E-state index contributed by atoms with van der Waals surface area (Å²) in [5, 5.41) is 0.884. The molecule has 0 N–H and O–H groups in total. The number of ether oxygens (including phenoxy) is 2. The first kappa shape index (κ1) is 29.4. The Morgan fingerprint density at radius 3 is 2.17 bits per heavy atom. The fourth-order valence-electron chi connectivity index (χ4n) is 4.09. The van der Waals surface area contributed by atoms with E-state index in [1.165, 1.54) is 12.3 Å². The maximum Gasteiger partial charge on any atom is 0.573 e. The number of fused-ring (bicyclic) bond motifs is 1. The number of rotatable bonds is 7. The van der Waals surface area contributed by atoms with E-state index in [1.807, 2.05) is 32.0 Å². The van der Waals surface area contributed by atoms with Gasteiger partial charge in [0.25, 0.3) is 0 Å². The van der Waals surface area contributed by atoms with Crippen LogP contribution in [0.4, 0.5) is 30.7 Å². The molecule has 14 heteroatoms. The minimum Gasteiger partial charge on any atom is -0.491 e. The molecule has 0 spiro atoms. The van der Waals surface area contributed by atoms with Crippen LogP contribution in [0, 0.1) is 37.1 Å². The fourth-order valence-corrected chi connectivity index (χ4v) is 5.64. The molecular weight excluding hydrogens is 591 g/mol. The average molecular weight is 608 g/mol. The smallest absolute Gasteiger partial charge is 0.491 e. The van der Waals surface area contributed by atoms with E-state index in [4.69, 9.17) is 16.3 Å². The van der Waals surface area contributed by atoms with Crippen LogP contribution in [0.25, 0.3) is 22.0 Å². The normalized spacial score (nSPS) is 12.2. The minimum atomic E-state index is -5.74. The lowest BCUT2D eigenvalue weighted by Gasteiger charge is -2.16. The van der Waals surface area contributed by atoms with Gasteiger partial charge >= 0.3 is 6.36 Å². The number of sulfone groups is 1. The molecule has 40 heavy (non-hydrogen) atoms. The van der Waals surface area contributed by atoms with Gasteiger partial charge in [0.15, 0.2) is 32.1 Å². The second-order valence-corrected chi connectivity index (χ2v) is 11.0. The van der Waals surface area contributed by atoms with Crippen LogP contribution >= 0.6 is 11.6 Å². The Kier molecular flexibility index (Phi) is 7.92. The highest BCUT2D eigenvalue weighted by molar-refractivity contribution is 7.91. The van der Waals surface area contributed by atoms with E-state index in [2.05, 4.69) is 9.72 Å². The quantitative estimate of drug-likeness (QED) is 0.0943. The molecule has 0 radical (unpaired) electrons. The third kappa shape index (κ3) is 5.80. The van der Waals surface area contributed by atoms with Gasteiger partial charge in [-0.05, 0) is 48.7 Å². The molecule has 4 aromatic rings. The van der Waals surface area contributed by atoms with Gasteiger partial charge in [0, 0.05) is 16.0 Å². The van der Waals surface area contributed by atoms with Crippen LogP contribution in [-0.4, -0.2) is 32.1 Å². The molecule has 0 unspecified atom stereocenters. The van der Waals surface area contributed by atoms with Crippen molar-refractivity contribution in [2.24, 2.45) is 0 Å². The summed E-state index contributed by atoms with van der Waals surface area (Å²) >= 11 is 6.51. The third-order valence-electron chi connectivity index (χ3n) is 5.83. The van der Waals surface area contributed by atoms with Crippen molar-refractivity contribution in [2.75, 3.05) is 12.4 Å². The van der Waals surface area contributed by atoms with Gasteiger partial charge in [-0.2, -0.15) is 4.39 Å². The number of pyridine rings is 1. The summed E-state index contributed by atoms with van der Waals surface area (Å²) in [5.41, 5.74) is 4.15. The number of alkyl halides is 3. The summed E-state index contributed by atoms with van der Waals surface area (Å²) < 4.78 is 127. The van der Waals surface area contributed by atoms with Gasteiger partial charge in [0.1, 0.15) is 12.4 Å². The Morgan fingerprint density at radius 2 is 1.55 bits per heavy atom. The van der Waals surface area contributed by atoms with Crippen molar-refractivity contribution in [1.82, 2.24) is 4.98 Å². The molecule has 1 aromatic heterocycles. The van der Waals surface area contributed by atoms with Gasteiger partial charge in [-0.25, -0.2) is 21.6 Å². The van der Waals surface area contributed by atoms with Crippen LogP contribution in [0.5, 0.6) is 11.5 Å². The van der Waals surface area contributed by atoms with Gasteiger partial charge < -0.3 is 9.47 Å². The molecule has 0 saturated carbocycles. The first-order valence-electron chi connectivity index (χ1n) is 11.2. The summed E-state index contributed by atoms with van der Waals surface area (Å²) in [5.74, 6) is -14.1. The monoisotopic (exact) mass is 607 g/mol. The molecule has 4 rings (SSSR count). The number of aromatic nitrogens is 1. The molecule has 0 bridgehead atoms. The number of hydrogen-bond acceptors (Lipinski definition) is 5. The molecule has 0 atom stereocenters. The lowest BCUT2D eigenvalue weighted by atomic mass is 9.95. The minimum absolute atomic E-state index is 0.00212. The zero-order valence-corrected chi connectivity index (χ0v) is 22.0. The van der Waals surface area contributed by atoms with E-state index in [0.29, 0.717) is 15.9 Å². The Hall–Kier alpha value is -3.58. The SMILES string of the molecule is Cc1cccc(C)c1-c1cc2ncc(OCCS(=O)(=O)c3c(F)c(F)c(F)c(F)c3OC(F)(F)F)cc2cc1Cl. The molecule has 0 aliphatic heterocycles. The Balaban J connectivity index is 1.60. The molecule has 1 heterocycles. The van der Waals surface area contributed by atoms with Crippen LogP contribution in [0.1, 0.15) is 11.1 Å². The largest absolute Gasteiger partial charge is 0.573 e. The van der Waals surface area contributed by atoms with E-state index in [-0.39, 0.29) is 5.75 Å². The lowest BCUT2D eigenvalue weighted by Crippen LogP contribution is -2.24. The van der Waals surface area contributed by atoms with Gasteiger partial charge in [-0.1, -0.05) is 29.8 Å². The second kappa shape index (κ2) is 10.8. The van der Waals surface area contributed by atoms with Gasteiger partial charge in [0.2, 0.25) is 11.6 Å². The van der Waals surface area contributed by atoms with E-state index < -0.39 is 62.5 Å². The number of hydrogen-bond donors (Lipinski definition) is 0. The van der Waals surface area contributed by atoms with Crippen molar-refractivity contribution in [3.05, 3.63) is 82.0 Å². The zero-order chi connectivity index (χ0) is 29.6. The topological polar surface area (TPSA) is 65.5 Å². The van der Waals surface area contributed by atoms with Crippen LogP contribution in [0.15, 0.2) is 47.5 Å². The van der Waals surface area contributed by atoms with E-state index in [0.717, 1.165) is 22.3 Å². The summed E-state index contributed by atoms with van der Waals surface area (Å²) in [6.45, 7) is 3.05. The number of aryl methyl sites for hydroxylation is 2. The molecule has 0 fully saturated rings. The van der Waals surface area contributed by atoms with Gasteiger partial charge in [-0.3, -0.25) is 4.98 Å². The number of nitrogens with zero attached hydrogens (tertiary/aromatic N) is 1. The van der Waals surface area contributed by atoms with Crippen molar-refractivity contribution < 1.29 is 48.6 Å². The fraction of sp³-hybridized carbons (Fsp3) is 0.192. The average Bonchev–Trinajstić information content (AvgIpc) is 2.85. The standard InChI is InChI=1S/C26H17ClF7NO4S/c1-12-4-3-5-13(2)19(12)16-10-18-14(9-17(16)27)8-15(11-35-18)38-6-7-40(36,37)25-23(31)21(29)20(28)22(30)24(25)39-26(32,33)34/h3-5,8-11H,6-7H2,1-2H3. The van der Waals surface area contributed by atoms with E-state index in [9.17, 15) is 39.2 Å². The summed E-state index contributed by atoms with van der Waals surface area (Å²) in [4.78, 5) is 2.13. The highest BCUT2D eigenvalue weighted by atomic mass is 35.5. The number of halogens is 8. The molecule has 0 amide bonds. The van der Waals surface area contributed by atoms with Crippen molar-refractivity contribution in [2.45, 2.75) is 25.1 Å². The molecule has 212 valence electrons. The lowest BCUT2D eigenvalue weighted by molar-refractivity contribution is -0.276. The maximum absolute atomic E-state index is 14.3. The predicted octanol–water partition coefficient (Wildman–Crippen LogP) is 7.48. The Labute approximate surface area is 228 Å². The predicted molar refractivity (Wildman–Crippen MR) is 132 cm³/mol. The molecule has 0 aliphatic rings. The van der Waals surface area contributed by atoms with Crippen LogP contribution in [0.2, 0.25) is 5.02 Å². The van der Waals surface area contributed by atoms with Crippen molar-refractivity contribution in [3.8, 4) is 22.6 Å². The molecule has 0 saturated heterocycles. The highest BCUT2D eigenvalue weighted by Crippen LogP contribution is 2.38. The van der Waals surface area contributed by atoms with Crippen LogP contribution < -0.4 is 9.47 Å². The number of benzene rings is 3. The molecule has 0 aliphatic carbocycles. The van der Waals surface area contributed by atoms with Crippen molar-refractivity contribution in [1.29, 1.82) is 0 Å². The Bertz CT molecular complexity index is 1720. The van der Waals surface area contributed by atoms with Gasteiger partial charge in [-0.15, -0.1) is 13.2 Å². The van der Waals surface area contributed by atoms with Crippen molar-refractivity contribution >= 4 is 32.3 Å². The van der Waals surface area contributed by atoms with Crippen LogP contribution in [0.3, 0.4) is 0 Å². The first-order valence-corrected chi connectivity index (χ1v) is 13.3. The highest BCUT2D eigenvalue weighted by Gasteiger charge is 2.40.